The van der Waals surface area contributed by atoms with Crippen LogP contribution in [0.15, 0.2) is 0 Å². The standard InChI is InChI=1S/C12H21NO2/c1-15-8-10(13)9-4-7-12(11(9)14)5-2-3-6-12/h9-10H,2-8,13H2,1H3. The van der Waals surface area contributed by atoms with Crippen molar-refractivity contribution in [3.8, 4) is 0 Å². The zero-order valence-electron chi connectivity index (χ0n) is 9.50. The fourth-order valence-corrected chi connectivity index (χ4v) is 3.34. The van der Waals surface area contributed by atoms with Crippen molar-refractivity contribution in [1.29, 1.82) is 0 Å². The zero-order chi connectivity index (χ0) is 10.9. The molecule has 1 spiro atoms. The summed E-state index contributed by atoms with van der Waals surface area (Å²) in [5.74, 6) is 0.493. The highest BCUT2D eigenvalue weighted by Crippen LogP contribution is 2.50. The maximum absolute atomic E-state index is 12.3. The molecule has 0 heterocycles. The average molecular weight is 211 g/mol. The summed E-state index contributed by atoms with van der Waals surface area (Å²) in [5, 5.41) is 0. The summed E-state index contributed by atoms with van der Waals surface area (Å²) in [6, 6.07) is -0.0949. The lowest BCUT2D eigenvalue weighted by atomic mass is 9.81. The van der Waals surface area contributed by atoms with Gasteiger partial charge >= 0.3 is 0 Å². The molecule has 2 rings (SSSR count). The molecule has 2 aliphatic carbocycles. The Balaban J connectivity index is 2.03. The van der Waals surface area contributed by atoms with Crippen molar-refractivity contribution in [2.24, 2.45) is 17.1 Å². The van der Waals surface area contributed by atoms with E-state index >= 15 is 0 Å². The fraction of sp³-hybridized carbons (Fsp3) is 0.917. The van der Waals surface area contributed by atoms with Gasteiger partial charge in [0, 0.05) is 24.5 Å². The average Bonchev–Trinajstić information content (AvgIpc) is 2.79. The van der Waals surface area contributed by atoms with Crippen LogP contribution in [0, 0.1) is 11.3 Å². The molecular formula is C12H21NO2. The van der Waals surface area contributed by atoms with Gasteiger partial charge in [-0.05, 0) is 25.7 Å². The van der Waals surface area contributed by atoms with Gasteiger partial charge in [0.2, 0.25) is 0 Å². The van der Waals surface area contributed by atoms with Crippen molar-refractivity contribution in [2.75, 3.05) is 13.7 Å². The first-order valence-corrected chi connectivity index (χ1v) is 5.98. The Hall–Kier alpha value is -0.410. The molecule has 0 aliphatic heterocycles. The van der Waals surface area contributed by atoms with Gasteiger partial charge in [0.15, 0.2) is 0 Å². The fourth-order valence-electron chi connectivity index (χ4n) is 3.34. The number of nitrogens with two attached hydrogens (primary N) is 1. The van der Waals surface area contributed by atoms with Crippen molar-refractivity contribution in [2.45, 2.75) is 44.6 Å². The van der Waals surface area contributed by atoms with Gasteiger partial charge in [0.1, 0.15) is 5.78 Å². The first-order chi connectivity index (χ1) is 7.19. The van der Waals surface area contributed by atoms with Crippen LogP contribution < -0.4 is 5.73 Å². The molecular weight excluding hydrogens is 190 g/mol. The van der Waals surface area contributed by atoms with Crippen molar-refractivity contribution in [3.05, 3.63) is 0 Å². The molecule has 3 heteroatoms. The van der Waals surface area contributed by atoms with E-state index in [4.69, 9.17) is 10.5 Å². The Labute approximate surface area is 91.4 Å². The Kier molecular flexibility index (Phi) is 3.12. The SMILES string of the molecule is COCC(N)C1CCC2(CCCC2)C1=O. The zero-order valence-corrected chi connectivity index (χ0v) is 9.50. The van der Waals surface area contributed by atoms with E-state index < -0.39 is 0 Å². The minimum atomic E-state index is -0.0949. The summed E-state index contributed by atoms with van der Waals surface area (Å²) < 4.78 is 5.04. The van der Waals surface area contributed by atoms with Crippen LogP contribution in [-0.4, -0.2) is 25.5 Å². The van der Waals surface area contributed by atoms with Crippen LogP contribution in [0.1, 0.15) is 38.5 Å². The molecule has 0 saturated heterocycles. The van der Waals surface area contributed by atoms with Gasteiger partial charge in [-0.25, -0.2) is 0 Å². The molecule has 0 aromatic heterocycles. The van der Waals surface area contributed by atoms with Gasteiger partial charge in [-0.1, -0.05) is 12.8 Å². The predicted octanol–water partition coefficient (Wildman–Crippen LogP) is 1.50. The van der Waals surface area contributed by atoms with E-state index in [0.29, 0.717) is 12.4 Å². The van der Waals surface area contributed by atoms with E-state index in [2.05, 4.69) is 0 Å². The largest absolute Gasteiger partial charge is 0.383 e. The molecule has 0 bridgehead atoms. The second-order valence-corrected chi connectivity index (χ2v) is 5.12. The second-order valence-electron chi connectivity index (χ2n) is 5.12. The lowest BCUT2D eigenvalue weighted by molar-refractivity contribution is -0.129. The number of carbonyl (C=O) groups is 1. The molecule has 2 aliphatic rings. The number of hydrogen-bond acceptors (Lipinski definition) is 3. The van der Waals surface area contributed by atoms with Crippen LogP contribution in [0.2, 0.25) is 0 Å². The molecule has 2 unspecified atom stereocenters. The van der Waals surface area contributed by atoms with Crippen LogP contribution in [0.4, 0.5) is 0 Å². The summed E-state index contributed by atoms with van der Waals surface area (Å²) in [4.78, 5) is 12.3. The number of ether oxygens (including phenoxy) is 1. The number of Topliss-reactive ketones (excluding diaryl/α,β-unsaturated/α-hetero) is 1. The van der Waals surface area contributed by atoms with E-state index in [-0.39, 0.29) is 17.4 Å². The first kappa shape index (κ1) is 11.1. The van der Waals surface area contributed by atoms with Crippen molar-refractivity contribution < 1.29 is 9.53 Å². The highest BCUT2D eigenvalue weighted by Gasteiger charge is 2.50. The summed E-state index contributed by atoms with van der Waals surface area (Å²) >= 11 is 0. The Morgan fingerprint density at radius 1 is 1.47 bits per heavy atom. The Morgan fingerprint density at radius 3 is 2.73 bits per heavy atom. The van der Waals surface area contributed by atoms with Crippen molar-refractivity contribution in [3.63, 3.8) is 0 Å². The number of carbonyl (C=O) groups excluding carboxylic acids is 1. The number of ketones is 1. The van der Waals surface area contributed by atoms with E-state index in [0.717, 1.165) is 25.7 Å². The van der Waals surface area contributed by atoms with Gasteiger partial charge in [-0.2, -0.15) is 0 Å². The highest BCUT2D eigenvalue weighted by molar-refractivity contribution is 5.89. The van der Waals surface area contributed by atoms with Gasteiger partial charge < -0.3 is 10.5 Å². The summed E-state index contributed by atoms with van der Waals surface area (Å²) in [6.45, 7) is 0.506. The maximum atomic E-state index is 12.3. The van der Waals surface area contributed by atoms with Gasteiger partial charge in [-0.15, -0.1) is 0 Å². The van der Waals surface area contributed by atoms with Crippen LogP contribution in [-0.2, 0) is 9.53 Å². The topological polar surface area (TPSA) is 52.3 Å². The molecule has 86 valence electrons. The molecule has 15 heavy (non-hydrogen) atoms. The quantitative estimate of drug-likeness (QED) is 0.769. The predicted molar refractivity (Wildman–Crippen MR) is 58.5 cm³/mol. The van der Waals surface area contributed by atoms with E-state index in [1.807, 2.05) is 0 Å². The molecule has 0 radical (unpaired) electrons. The highest BCUT2D eigenvalue weighted by atomic mass is 16.5. The molecule has 0 aromatic rings. The van der Waals surface area contributed by atoms with Crippen molar-refractivity contribution in [1.82, 2.24) is 0 Å². The van der Waals surface area contributed by atoms with Crippen LogP contribution in [0.25, 0.3) is 0 Å². The third-order valence-electron chi connectivity index (χ3n) is 4.23. The Morgan fingerprint density at radius 2 is 2.13 bits per heavy atom. The molecule has 2 atom stereocenters. The van der Waals surface area contributed by atoms with Crippen LogP contribution in [0.5, 0.6) is 0 Å². The molecule has 2 saturated carbocycles. The second kappa shape index (κ2) is 4.22. The summed E-state index contributed by atoms with van der Waals surface area (Å²) in [6.07, 6.45) is 6.68. The number of methoxy groups -OCH3 is 1. The monoisotopic (exact) mass is 211 g/mol. The molecule has 3 nitrogen and oxygen atoms in total. The van der Waals surface area contributed by atoms with Gasteiger partial charge in [-0.3, -0.25) is 4.79 Å². The van der Waals surface area contributed by atoms with Crippen molar-refractivity contribution >= 4 is 5.78 Å². The Bertz CT molecular complexity index is 246. The molecule has 0 aromatic carbocycles. The van der Waals surface area contributed by atoms with E-state index in [1.54, 1.807) is 7.11 Å². The summed E-state index contributed by atoms with van der Waals surface area (Å²) in [5.41, 5.74) is 6.01. The maximum Gasteiger partial charge on any atom is 0.143 e. The van der Waals surface area contributed by atoms with E-state index in [9.17, 15) is 4.79 Å². The van der Waals surface area contributed by atoms with Crippen LogP contribution in [0.3, 0.4) is 0 Å². The summed E-state index contributed by atoms with van der Waals surface area (Å²) in [7, 11) is 1.64. The van der Waals surface area contributed by atoms with Gasteiger partial charge in [0.05, 0.1) is 6.61 Å². The number of hydrogen-bond donors (Lipinski definition) is 1. The molecule has 0 amide bonds. The molecule has 2 N–H and O–H groups in total. The van der Waals surface area contributed by atoms with E-state index in [1.165, 1.54) is 12.8 Å². The normalized spacial score (nSPS) is 31.3. The smallest absolute Gasteiger partial charge is 0.143 e. The minimum Gasteiger partial charge on any atom is -0.383 e. The minimum absolute atomic E-state index is 0.0238. The lowest BCUT2D eigenvalue weighted by Crippen LogP contribution is -2.39. The molecule has 2 fully saturated rings. The van der Waals surface area contributed by atoms with Crippen LogP contribution >= 0.6 is 0 Å². The lowest BCUT2D eigenvalue weighted by Gasteiger charge is -2.23. The van der Waals surface area contributed by atoms with Gasteiger partial charge in [0.25, 0.3) is 0 Å². The third kappa shape index (κ3) is 1.83. The third-order valence-corrected chi connectivity index (χ3v) is 4.23. The first-order valence-electron chi connectivity index (χ1n) is 5.98. The number of rotatable bonds is 3.